The zero-order valence-electron chi connectivity index (χ0n) is 10.1. The van der Waals surface area contributed by atoms with E-state index in [1.807, 2.05) is 16.4 Å². The Hall–Kier alpha value is -0.720. The van der Waals surface area contributed by atoms with E-state index in [-0.39, 0.29) is 6.04 Å². The number of aromatic nitrogens is 2. The van der Waals surface area contributed by atoms with Crippen LogP contribution < -0.4 is 16.0 Å². The highest BCUT2D eigenvalue weighted by Gasteiger charge is 2.20. The molecule has 1 atom stereocenters. The van der Waals surface area contributed by atoms with Gasteiger partial charge in [-0.1, -0.05) is 6.92 Å². The van der Waals surface area contributed by atoms with Crippen LogP contribution in [0.4, 0.5) is 0 Å². The van der Waals surface area contributed by atoms with Gasteiger partial charge in [-0.25, -0.2) is 0 Å². The minimum absolute atomic E-state index is 0.0716. The molecule has 0 aliphatic rings. The SMILES string of the molecule is CCSCC(NN)c1c(OC)cnn1CC. The summed E-state index contributed by atoms with van der Waals surface area (Å²) in [5, 5.41) is 4.27. The second-order valence-electron chi connectivity index (χ2n) is 3.29. The first-order valence-corrected chi connectivity index (χ1v) is 6.57. The van der Waals surface area contributed by atoms with E-state index in [1.165, 1.54) is 0 Å². The van der Waals surface area contributed by atoms with Gasteiger partial charge in [0, 0.05) is 12.3 Å². The van der Waals surface area contributed by atoms with Crippen LogP contribution in [0.25, 0.3) is 0 Å². The second kappa shape index (κ2) is 6.78. The van der Waals surface area contributed by atoms with Crippen LogP contribution in [-0.4, -0.2) is 28.4 Å². The van der Waals surface area contributed by atoms with Crippen LogP contribution in [-0.2, 0) is 6.54 Å². The maximum Gasteiger partial charge on any atom is 0.161 e. The van der Waals surface area contributed by atoms with Gasteiger partial charge in [0.25, 0.3) is 0 Å². The predicted octanol–water partition coefficient (Wildman–Crippen LogP) is 1.17. The van der Waals surface area contributed by atoms with E-state index in [0.29, 0.717) is 0 Å². The molecular formula is C10H20N4OS. The summed E-state index contributed by atoms with van der Waals surface area (Å²) >= 11 is 1.84. The first kappa shape index (κ1) is 13.3. The highest BCUT2D eigenvalue weighted by molar-refractivity contribution is 7.99. The normalized spacial score (nSPS) is 12.8. The standard InChI is InChI=1S/C10H20N4OS/c1-4-14-10(9(15-3)6-12-14)8(13-11)7-16-5-2/h6,8,13H,4-5,7,11H2,1-3H3. The fraction of sp³-hybridized carbons (Fsp3) is 0.700. The number of aryl methyl sites for hydroxylation is 1. The summed E-state index contributed by atoms with van der Waals surface area (Å²) in [6, 6.07) is 0.0716. The Morgan fingerprint density at radius 1 is 1.62 bits per heavy atom. The molecule has 0 aromatic carbocycles. The van der Waals surface area contributed by atoms with E-state index in [2.05, 4.69) is 24.4 Å². The molecule has 5 nitrogen and oxygen atoms in total. The van der Waals surface area contributed by atoms with Crippen molar-refractivity contribution in [3.63, 3.8) is 0 Å². The maximum absolute atomic E-state index is 5.59. The summed E-state index contributed by atoms with van der Waals surface area (Å²) in [7, 11) is 1.65. The third-order valence-electron chi connectivity index (χ3n) is 2.38. The molecule has 1 heterocycles. The summed E-state index contributed by atoms with van der Waals surface area (Å²) in [5.74, 6) is 8.37. The third-order valence-corrected chi connectivity index (χ3v) is 3.36. The molecule has 0 spiro atoms. The molecule has 0 saturated carbocycles. The highest BCUT2D eigenvalue weighted by Crippen LogP contribution is 2.26. The van der Waals surface area contributed by atoms with Crippen molar-refractivity contribution >= 4 is 11.8 Å². The number of hydrogen-bond donors (Lipinski definition) is 2. The Bertz CT molecular complexity index is 294. The minimum Gasteiger partial charge on any atom is -0.493 e. The molecule has 0 aliphatic carbocycles. The van der Waals surface area contributed by atoms with Crippen LogP contribution in [0.2, 0.25) is 0 Å². The first-order chi connectivity index (χ1) is 7.78. The molecule has 0 amide bonds. The maximum atomic E-state index is 5.59. The number of hydrazine groups is 1. The lowest BCUT2D eigenvalue weighted by Crippen LogP contribution is -2.32. The van der Waals surface area contributed by atoms with Crippen molar-refractivity contribution < 1.29 is 4.74 Å². The van der Waals surface area contributed by atoms with Gasteiger partial charge in [-0.15, -0.1) is 0 Å². The minimum atomic E-state index is 0.0716. The number of ether oxygens (including phenoxy) is 1. The Morgan fingerprint density at radius 2 is 2.38 bits per heavy atom. The lowest BCUT2D eigenvalue weighted by atomic mass is 10.2. The number of rotatable bonds is 7. The van der Waals surface area contributed by atoms with Crippen LogP contribution in [0.5, 0.6) is 5.75 Å². The molecule has 0 saturated heterocycles. The number of methoxy groups -OCH3 is 1. The van der Waals surface area contributed by atoms with Crippen molar-refractivity contribution in [2.75, 3.05) is 18.6 Å². The molecule has 0 fully saturated rings. The predicted molar refractivity (Wildman–Crippen MR) is 67.5 cm³/mol. The zero-order chi connectivity index (χ0) is 12.0. The van der Waals surface area contributed by atoms with Gasteiger partial charge < -0.3 is 4.74 Å². The number of nitrogens with one attached hydrogen (secondary N) is 1. The second-order valence-corrected chi connectivity index (χ2v) is 4.61. The molecule has 16 heavy (non-hydrogen) atoms. The van der Waals surface area contributed by atoms with Gasteiger partial charge in [-0.3, -0.25) is 16.0 Å². The molecule has 6 heteroatoms. The lowest BCUT2D eigenvalue weighted by molar-refractivity contribution is 0.397. The monoisotopic (exact) mass is 244 g/mol. The smallest absolute Gasteiger partial charge is 0.161 e. The Labute approximate surface area is 101 Å². The molecule has 1 rings (SSSR count). The van der Waals surface area contributed by atoms with E-state index in [1.54, 1.807) is 13.3 Å². The first-order valence-electron chi connectivity index (χ1n) is 5.41. The largest absolute Gasteiger partial charge is 0.493 e. The third kappa shape index (κ3) is 2.90. The molecule has 92 valence electrons. The topological polar surface area (TPSA) is 65.1 Å². The summed E-state index contributed by atoms with van der Waals surface area (Å²) in [5.41, 5.74) is 3.85. The molecule has 1 unspecified atom stereocenters. The molecular weight excluding hydrogens is 224 g/mol. The van der Waals surface area contributed by atoms with Gasteiger partial charge in [-0.2, -0.15) is 16.9 Å². The average molecular weight is 244 g/mol. The molecule has 0 radical (unpaired) electrons. The fourth-order valence-electron chi connectivity index (χ4n) is 1.58. The van der Waals surface area contributed by atoms with Crippen LogP contribution in [0.1, 0.15) is 25.6 Å². The summed E-state index contributed by atoms with van der Waals surface area (Å²) in [6.45, 7) is 5.00. The van der Waals surface area contributed by atoms with Crippen molar-refractivity contribution in [1.29, 1.82) is 0 Å². The molecule has 0 bridgehead atoms. The number of nitrogens with two attached hydrogens (primary N) is 1. The van der Waals surface area contributed by atoms with Crippen molar-refractivity contribution in [2.24, 2.45) is 5.84 Å². The lowest BCUT2D eigenvalue weighted by Gasteiger charge is -2.17. The van der Waals surface area contributed by atoms with E-state index >= 15 is 0 Å². The highest BCUT2D eigenvalue weighted by atomic mass is 32.2. The van der Waals surface area contributed by atoms with Crippen molar-refractivity contribution in [1.82, 2.24) is 15.2 Å². The Kier molecular flexibility index (Phi) is 5.65. The molecule has 1 aromatic heterocycles. The summed E-state index contributed by atoms with van der Waals surface area (Å²) in [4.78, 5) is 0. The van der Waals surface area contributed by atoms with Gasteiger partial charge in [0.05, 0.1) is 25.0 Å². The fourth-order valence-corrected chi connectivity index (χ4v) is 2.31. The van der Waals surface area contributed by atoms with Crippen molar-refractivity contribution in [3.8, 4) is 5.75 Å². The molecule has 0 aliphatic heterocycles. The van der Waals surface area contributed by atoms with Crippen molar-refractivity contribution in [2.45, 2.75) is 26.4 Å². The summed E-state index contributed by atoms with van der Waals surface area (Å²) in [6.07, 6.45) is 1.74. The van der Waals surface area contributed by atoms with Crippen LogP contribution in [0.15, 0.2) is 6.20 Å². The van der Waals surface area contributed by atoms with Gasteiger partial charge in [0.15, 0.2) is 5.75 Å². The Morgan fingerprint density at radius 3 is 2.88 bits per heavy atom. The van der Waals surface area contributed by atoms with Crippen LogP contribution in [0, 0.1) is 0 Å². The molecule has 1 aromatic rings. The van der Waals surface area contributed by atoms with Crippen LogP contribution in [0.3, 0.4) is 0 Å². The van der Waals surface area contributed by atoms with E-state index in [0.717, 1.165) is 29.5 Å². The zero-order valence-corrected chi connectivity index (χ0v) is 10.9. The van der Waals surface area contributed by atoms with E-state index in [9.17, 15) is 0 Å². The molecule has 3 N–H and O–H groups in total. The van der Waals surface area contributed by atoms with Gasteiger partial charge in [0.2, 0.25) is 0 Å². The van der Waals surface area contributed by atoms with E-state index in [4.69, 9.17) is 10.6 Å². The van der Waals surface area contributed by atoms with E-state index < -0.39 is 0 Å². The van der Waals surface area contributed by atoms with Crippen molar-refractivity contribution in [3.05, 3.63) is 11.9 Å². The quantitative estimate of drug-likeness (QED) is 0.557. The average Bonchev–Trinajstić information content (AvgIpc) is 2.73. The number of nitrogens with zero attached hydrogens (tertiary/aromatic N) is 2. The van der Waals surface area contributed by atoms with Gasteiger partial charge in [0.1, 0.15) is 0 Å². The van der Waals surface area contributed by atoms with Crippen LogP contribution >= 0.6 is 11.8 Å². The number of hydrogen-bond acceptors (Lipinski definition) is 5. The Balaban J connectivity index is 2.91. The number of thioether (sulfide) groups is 1. The van der Waals surface area contributed by atoms with Gasteiger partial charge >= 0.3 is 0 Å². The summed E-state index contributed by atoms with van der Waals surface area (Å²) < 4.78 is 7.22. The van der Waals surface area contributed by atoms with Gasteiger partial charge in [-0.05, 0) is 12.7 Å².